The molecule has 3 aromatic rings. The van der Waals surface area contributed by atoms with Gasteiger partial charge < -0.3 is 10.4 Å². The summed E-state index contributed by atoms with van der Waals surface area (Å²) < 4.78 is 0.917. The minimum Gasteiger partial charge on any atom is -0.508 e. The first-order chi connectivity index (χ1) is 13.5. The Bertz CT molecular complexity index is 1030. The summed E-state index contributed by atoms with van der Waals surface area (Å²) in [4.78, 5) is 0. The van der Waals surface area contributed by atoms with Crippen molar-refractivity contribution in [3.05, 3.63) is 105 Å². The highest BCUT2D eigenvalue weighted by molar-refractivity contribution is 9.10. The lowest BCUT2D eigenvalue weighted by atomic mass is 9.97. The molecule has 4 rings (SSSR count). The molecule has 28 heavy (non-hydrogen) atoms. The number of halogens is 2. The van der Waals surface area contributed by atoms with Crippen LogP contribution in [0.3, 0.4) is 0 Å². The summed E-state index contributed by atoms with van der Waals surface area (Å²) in [6.07, 6.45) is 1.90. The van der Waals surface area contributed by atoms with Crippen molar-refractivity contribution in [3.63, 3.8) is 0 Å². The van der Waals surface area contributed by atoms with Crippen LogP contribution in [0.4, 0.5) is 0 Å². The van der Waals surface area contributed by atoms with Crippen molar-refractivity contribution in [1.29, 1.82) is 0 Å². The maximum atomic E-state index is 10.5. The summed E-state index contributed by atoms with van der Waals surface area (Å²) >= 11 is 9.97. The van der Waals surface area contributed by atoms with Crippen molar-refractivity contribution < 1.29 is 5.11 Å². The minimum absolute atomic E-state index is 0.184. The van der Waals surface area contributed by atoms with Gasteiger partial charge in [0.1, 0.15) is 11.9 Å². The molecule has 0 radical (unpaired) electrons. The third kappa shape index (κ3) is 3.95. The molecule has 0 saturated carbocycles. The molecule has 1 heterocycles. The summed E-state index contributed by atoms with van der Waals surface area (Å²) in [5.41, 5.74) is 5.05. The highest BCUT2D eigenvalue weighted by Crippen LogP contribution is 2.36. The van der Waals surface area contributed by atoms with Crippen molar-refractivity contribution >= 4 is 33.2 Å². The van der Waals surface area contributed by atoms with E-state index in [9.17, 15) is 5.11 Å². The SMILES string of the molecule is Cc1ccc(C2=CC(c3cc(Br)ccc3O)NC(c3ccccc3Cl)N2)cc1. The molecule has 5 heteroatoms. The molecule has 0 spiro atoms. The van der Waals surface area contributed by atoms with E-state index in [0.29, 0.717) is 5.02 Å². The maximum absolute atomic E-state index is 10.5. The van der Waals surface area contributed by atoms with Gasteiger partial charge in [-0.15, -0.1) is 0 Å². The lowest BCUT2D eigenvalue weighted by Crippen LogP contribution is -2.39. The van der Waals surface area contributed by atoms with E-state index in [1.807, 2.05) is 36.4 Å². The van der Waals surface area contributed by atoms with Crippen LogP contribution < -0.4 is 10.6 Å². The molecule has 0 bridgehead atoms. The number of aryl methyl sites for hydroxylation is 1. The van der Waals surface area contributed by atoms with Crippen molar-refractivity contribution in [3.8, 4) is 5.75 Å². The Hall–Kier alpha value is -2.27. The molecule has 0 aromatic heterocycles. The number of benzene rings is 3. The van der Waals surface area contributed by atoms with Gasteiger partial charge >= 0.3 is 0 Å². The van der Waals surface area contributed by atoms with E-state index < -0.39 is 0 Å². The zero-order valence-electron chi connectivity index (χ0n) is 15.3. The fraction of sp³-hybridized carbons (Fsp3) is 0.130. The van der Waals surface area contributed by atoms with Crippen molar-refractivity contribution in [1.82, 2.24) is 10.6 Å². The van der Waals surface area contributed by atoms with E-state index in [2.05, 4.69) is 63.8 Å². The molecule has 3 N–H and O–H groups in total. The van der Waals surface area contributed by atoms with Crippen LogP contribution in [0.1, 0.15) is 34.5 Å². The highest BCUT2D eigenvalue weighted by Gasteiger charge is 2.26. The topological polar surface area (TPSA) is 44.3 Å². The number of hydrogen-bond acceptors (Lipinski definition) is 3. The number of hydrogen-bond donors (Lipinski definition) is 3. The fourth-order valence-corrected chi connectivity index (χ4v) is 4.01. The second kappa shape index (κ2) is 8.00. The van der Waals surface area contributed by atoms with Gasteiger partial charge in [0.2, 0.25) is 0 Å². The van der Waals surface area contributed by atoms with Crippen LogP contribution in [0.15, 0.2) is 77.3 Å². The molecule has 0 aliphatic carbocycles. The third-order valence-corrected chi connectivity index (χ3v) is 5.72. The Morgan fingerprint density at radius 2 is 1.71 bits per heavy atom. The predicted molar refractivity (Wildman–Crippen MR) is 118 cm³/mol. The van der Waals surface area contributed by atoms with Gasteiger partial charge in [-0.25, -0.2) is 0 Å². The van der Waals surface area contributed by atoms with Gasteiger partial charge in [0, 0.05) is 26.3 Å². The van der Waals surface area contributed by atoms with Gasteiger partial charge in [-0.3, -0.25) is 5.32 Å². The first-order valence-electron chi connectivity index (χ1n) is 9.05. The Kier molecular flexibility index (Phi) is 5.44. The Morgan fingerprint density at radius 1 is 0.964 bits per heavy atom. The quantitative estimate of drug-likeness (QED) is 0.448. The van der Waals surface area contributed by atoms with Gasteiger partial charge in [-0.2, -0.15) is 0 Å². The molecule has 1 aliphatic heterocycles. The molecule has 142 valence electrons. The molecule has 1 aliphatic rings. The zero-order chi connectivity index (χ0) is 19.7. The van der Waals surface area contributed by atoms with Crippen LogP contribution in [-0.4, -0.2) is 5.11 Å². The average molecular weight is 456 g/mol. The van der Waals surface area contributed by atoms with Gasteiger partial charge in [0.25, 0.3) is 0 Å². The highest BCUT2D eigenvalue weighted by atomic mass is 79.9. The van der Waals surface area contributed by atoms with Crippen LogP contribution in [-0.2, 0) is 0 Å². The monoisotopic (exact) mass is 454 g/mol. The lowest BCUT2D eigenvalue weighted by molar-refractivity contribution is 0.419. The molecule has 2 unspecified atom stereocenters. The predicted octanol–water partition coefficient (Wildman–Crippen LogP) is 6.09. The molecule has 3 nitrogen and oxygen atoms in total. The lowest BCUT2D eigenvalue weighted by Gasteiger charge is -2.33. The molecule has 0 saturated heterocycles. The van der Waals surface area contributed by atoms with E-state index in [1.54, 1.807) is 6.07 Å². The second-order valence-electron chi connectivity index (χ2n) is 6.89. The zero-order valence-corrected chi connectivity index (χ0v) is 17.6. The Labute approximate surface area is 178 Å². The van der Waals surface area contributed by atoms with Crippen LogP contribution in [0, 0.1) is 6.92 Å². The summed E-state index contributed by atoms with van der Waals surface area (Å²) in [5.74, 6) is 0.250. The number of nitrogens with one attached hydrogen (secondary N) is 2. The van der Waals surface area contributed by atoms with Gasteiger partial charge in [-0.1, -0.05) is 75.6 Å². The molecule has 0 fully saturated rings. The van der Waals surface area contributed by atoms with E-state index in [0.717, 1.165) is 26.9 Å². The second-order valence-corrected chi connectivity index (χ2v) is 8.22. The van der Waals surface area contributed by atoms with Gasteiger partial charge in [-0.05, 0) is 42.8 Å². The first-order valence-corrected chi connectivity index (χ1v) is 10.2. The molecular formula is C23H20BrClN2O. The van der Waals surface area contributed by atoms with Gasteiger partial charge in [0.05, 0.1) is 6.04 Å². The van der Waals surface area contributed by atoms with Crippen LogP contribution in [0.5, 0.6) is 5.75 Å². The first kappa shape index (κ1) is 19.1. The van der Waals surface area contributed by atoms with E-state index in [1.165, 1.54) is 5.56 Å². The smallest absolute Gasteiger partial charge is 0.120 e. The van der Waals surface area contributed by atoms with Crippen molar-refractivity contribution in [2.75, 3.05) is 0 Å². The Balaban J connectivity index is 1.79. The maximum Gasteiger partial charge on any atom is 0.120 e. The summed E-state index contributed by atoms with van der Waals surface area (Å²) in [5, 5.41) is 18.3. The standard InChI is InChI=1S/C23H20BrClN2O/c1-14-6-8-15(9-7-14)20-13-21(18-12-16(24)10-11-22(18)28)27-23(26-20)17-4-2-3-5-19(17)25/h2-13,21,23,26-28H,1H3. The fourth-order valence-electron chi connectivity index (χ4n) is 3.38. The summed E-state index contributed by atoms with van der Waals surface area (Å²) in [6, 6.07) is 21.4. The molecule has 2 atom stereocenters. The summed E-state index contributed by atoms with van der Waals surface area (Å²) in [6.45, 7) is 2.07. The normalized spacial score (nSPS) is 19.0. The number of aromatic hydroxyl groups is 1. The van der Waals surface area contributed by atoms with E-state index in [4.69, 9.17) is 11.6 Å². The number of phenolic OH excluding ortho intramolecular Hbond substituents is 1. The Morgan fingerprint density at radius 3 is 2.46 bits per heavy atom. The van der Waals surface area contributed by atoms with E-state index in [-0.39, 0.29) is 18.0 Å². The van der Waals surface area contributed by atoms with Crippen molar-refractivity contribution in [2.24, 2.45) is 0 Å². The summed E-state index contributed by atoms with van der Waals surface area (Å²) in [7, 11) is 0. The molecule has 3 aromatic carbocycles. The van der Waals surface area contributed by atoms with Crippen LogP contribution in [0.25, 0.3) is 5.70 Å². The van der Waals surface area contributed by atoms with E-state index >= 15 is 0 Å². The van der Waals surface area contributed by atoms with Gasteiger partial charge in [0.15, 0.2) is 0 Å². The number of phenols is 1. The third-order valence-electron chi connectivity index (χ3n) is 4.88. The molecular weight excluding hydrogens is 436 g/mol. The average Bonchev–Trinajstić information content (AvgIpc) is 2.70. The van der Waals surface area contributed by atoms with Crippen LogP contribution in [0.2, 0.25) is 5.02 Å². The number of rotatable bonds is 3. The van der Waals surface area contributed by atoms with Crippen molar-refractivity contribution in [2.45, 2.75) is 19.1 Å². The molecule has 0 amide bonds. The van der Waals surface area contributed by atoms with Crippen LogP contribution >= 0.6 is 27.5 Å². The minimum atomic E-state index is -0.196. The largest absolute Gasteiger partial charge is 0.508 e.